The van der Waals surface area contributed by atoms with E-state index in [1.165, 1.54) is 6.92 Å². The predicted octanol–water partition coefficient (Wildman–Crippen LogP) is 2.73. The van der Waals surface area contributed by atoms with Crippen molar-refractivity contribution in [3.05, 3.63) is 60.2 Å². The molecule has 0 aromatic heterocycles. The van der Waals surface area contributed by atoms with Crippen LogP contribution in [0.15, 0.2) is 54.6 Å². The van der Waals surface area contributed by atoms with Crippen molar-refractivity contribution in [3.63, 3.8) is 0 Å². The third kappa shape index (κ3) is 6.43. The molecule has 1 atom stereocenters. The lowest BCUT2D eigenvalue weighted by Crippen LogP contribution is -2.43. The first kappa shape index (κ1) is 22.1. The van der Waals surface area contributed by atoms with E-state index in [0.29, 0.717) is 17.9 Å². The van der Waals surface area contributed by atoms with E-state index in [1.807, 2.05) is 42.2 Å². The highest BCUT2D eigenvalue weighted by Gasteiger charge is 2.29. The van der Waals surface area contributed by atoms with Gasteiger partial charge in [-0.15, -0.1) is 0 Å². The Morgan fingerprint density at radius 3 is 1.93 bits per heavy atom. The summed E-state index contributed by atoms with van der Waals surface area (Å²) in [4.78, 5) is 39.9. The molecule has 2 aromatic rings. The lowest BCUT2D eigenvalue weighted by molar-refractivity contribution is -0.135. The molecule has 154 valence electrons. The van der Waals surface area contributed by atoms with Crippen LogP contribution >= 0.6 is 0 Å². The van der Waals surface area contributed by atoms with Crippen molar-refractivity contribution in [1.29, 1.82) is 0 Å². The summed E-state index contributed by atoms with van der Waals surface area (Å²) < 4.78 is 0. The summed E-state index contributed by atoms with van der Waals surface area (Å²) in [6, 6.07) is 15.8. The first-order valence-electron chi connectivity index (χ1n) is 9.49. The maximum absolute atomic E-state index is 12.8. The second kappa shape index (κ2) is 10.4. The molecule has 7 heteroatoms. The molecular formula is C22H28N4O3. The lowest BCUT2D eigenvalue weighted by Gasteiger charge is -2.31. The second-order valence-electron chi connectivity index (χ2n) is 6.92. The van der Waals surface area contributed by atoms with Crippen molar-refractivity contribution in [2.45, 2.75) is 19.9 Å². The summed E-state index contributed by atoms with van der Waals surface area (Å²) >= 11 is 0. The van der Waals surface area contributed by atoms with Gasteiger partial charge in [-0.3, -0.25) is 19.3 Å². The summed E-state index contributed by atoms with van der Waals surface area (Å²) in [5, 5.41) is 5.52. The van der Waals surface area contributed by atoms with Crippen molar-refractivity contribution in [1.82, 2.24) is 9.80 Å². The molecule has 2 N–H and O–H groups in total. The van der Waals surface area contributed by atoms with Crippen molar-refractivity contribution in [2.24, 2.45) is 0 Å². The van der Waals surface area contributed by atoms with Crippen molar-refractivity contribution in [3.8, 4) is 0 Å². The molecule has 2 aromatic carbocycles. The summed E-state index contributed by atoms with van der Waals surface area (Å²) in [6.45, 7) is 3.97. The maximum Gasteiger partial charge on any atom is 0.244 e. The van der Waals surface area contributed by atoms with Crippen molar-refractivity contribution < 1.29 is 14.4 Å². The van der Waals surface area contributed by atoms with Crippen molar-refractivity contribution in [2.75, 3.05) is 37.8 Å². The standard InChI is InChI=1S/C22H28N4O3/c1-5-26(21(22(29)25(3)4)17-9-7-6-8-10-17)15-20(28)24-19-13-11-18(12-14-19)23-16(2)27/h6-14,21H,5,15H2,1-4H3,(H,23,27)(H,24,28)/t21-/m0/s1. The van der Waals surface area contributed by atoms with Gasteiger partial charge in [-0.1, -0.05) is 37.3 Å². The zero-order valence-corrected chi connectivity index (χ0v) is 17.3. The Bertz CT molecular complexity index is 835. The second-order valence-corrected chi connectivity index (χ2v) is 6.92. The molecule has 0 saturated heterocycles. The molecule has 0 fully saturated rings. The van der Waals surface area contributed by atoms with Crippen LogP contribution < -0.4 is 10.6 Å². The van der Waals surface area contributed by atoms with Crippen LogP contribution in [0.3, 0.4) is 0 Å². The van der Waals surface area contributed by atoms with Crippen LogP contribution in [0.4, 0.5) is 11.4 Å². The van der Waals surface area contributed by atoms with Gasteiger partial charge in [0.15, 0.2) is 0 Å². The lowest BCUT2D eigenvalue weighted by atomic mass is 10.0. The van der Waals surface area contributed by atoms with Gasteiger partial charge in [0.05, 0.1) is 6.54 Å². The monoisotopic (exact) mass is 396 g/mol. The SMILES string of the molecule is CCN(CC(=O)Nc1ccc(NC(C)=O)cc1)[C@H](C(=O)N(C)C)c1ccccc1. The highest BCUT2D eigenvalue weighted by Crippen LogP contribution is 2.22. The van der Waals surface area contributed by atoms with Crippen molar-refractivity contribution >= 4 is 29.1 Å². The van der Waals surface area contributed by atoms with Gasteiger partial charge >= 0.3 is 0 Å². The smallest absolute Gasteiger partial charge is 0.244 e. The summed E-state index contributed by atoms with van der Waals surface area (Å²) in [7, 11) is 3.42. The number of nitrogens with zero attached hydrogens (tertiary/aromatic N) is 2. The largest absolute Gasteiger partial charge is 0.347 e. The summed E-state index contributed by atoms with van der Waals surface area (Å²) in [5.41, 5.74) is 2.13. The van der Waals surface area contributed by atoms with Gasteiger partial charge < -0.3 is 15.5 Å². The molecule has 29 heavy (non-hydrogen) atoms. The minimum atomic E-state index is -0.538. The van der Waals surface area contributed by atoms with E-state index in [2.05, 4.69) is 10.6 Å². The number of hydrogen-bond acceptors (Lipinski definition) is 4. The number of amides is 3. The number of hydrogen-bond donors (Lipinski definition) is 2. The number of benzene rings is 2. The predicted molar refractivity (Wildman–Crippen MR) is 114 cm³/mol. The van der Waals surface area contributed by atoms with Crippen LogP contribution in [-0.4, -0.2) is 54.7 Å². The fourth-order valence-corrected chi connectivity index (χ4v) is 3.00. The number of carbonyl (C=O) groups is 3. The number of anilines is 2. The number of rotatable bonds is 8. The highest BCUT2D eigenvalue weighted by molar-refractivity contribution is 5.94. The zero-order chi connectivity index (χ0) is 21.4. The third-order valence-electron chi connectivity index (χ3n) is 4.40. The number of nitrogens with one attached hydrogen (secondary N) is 2. The van der Waals surface area contributed by atoms with E-state index < -0.39 is 6.04 Å². The van der Waals surface area contributed by atoms with Crippen LogP contribution in [0.1, 0.15) is 25.5 Å². The molecule has 0 spiro atoms. The van der Waals surface area contributed by atoms with Crippen LogP contribution in [-0.2, 0) is 14.4 Å². The minimum Gasteiger partial charge on any atom is -0.347 e. The van der Waals surface area contributed by atoms with Gasteiger partial charge in [0.1, 0.15) is 6.04 Å². The van der Waals surface area contributed by atoms with Gasteiger partial charge in [0.2, 0.25) is 17.7 Å². The molecule has 0 unspecified atom stereocenters. The Labute approximate surface area is 171 Å². The molecule has 0 heterocycles. The molecule has 0 aliphatic rings. The highest BCUT2D eigenvalue weighted by atomic mass is 16.2. The molecule has 2 rings (SSSR count). The van der Waals surface area contributed by atoms with E-state index in [9.17, 15) is 14.4 Å². The maximum atomic E-state index is 12.8. The van der Waals surface area contributed by atoms with Crippen LogP contribution in [0.25, 0.3) is 0 Å². The first-order valence-corrected chi connectivity index (χ1v) is 9.49. The van der Waals surface area contributed by atoms with Gasteiger partial charge in [-0.05, 0) is 36.4 Å². The Kier molecular flexibility index (Phi) is 7.91. The number of likely N-dealkylation sites (N-methyl/N-ethyl adjacent to an activating group) is 2. The van der Waals surface area contributed by atoms with Gasteiger partial charge in [0.25, 0.3) is 0 Å². The summed E-state index contributed by atoms with van der Waals surface area (Å²) in [6.07, 6.45) is 0. The average Bonchev–Trinajstić information content (AvgIpc) is 2.69. The van der Waals surface area contributed by atoms with Crippen LogP contribution in [0.2, 0.25) is 0 Å². The van der Waals surface area contributed by atoms with E-state index >= 15 is 0 Å². The first-order chi connectivity index (χ1) is 13.8. The molecule has 0 aliphatic carbocycles. The van der Waals surface area contributed by atoms with Crippen LogP contribution in [0, 0.1) is 0 Å². The van der Waals surface area contributed by atoms with E-state index in [4.69, 9.17) is 0 Å². The average molecular weight is 396 g/mol. The summed E-state index contributed by atoms with van der Waals surface area (Å²) in [5.74, 6) is -0.449. The van der Waals surface area contributed by atoms with E-state index in [0.717, 1.165) is 5.56 Å². The van der Waals surface area contributed by atoms with Gasteiger partial charge in [0, 0.05) is 32.4 Å². The van der Waals surface area contributed by atoms with E-state index in [1.54, 1.807) is 43.3 Å². The number of carbonyl (C=O) groups excluding carboxylic acids is 3. The Hall–Kier alpha value is -3.19. The fraction of sp³-hybridized carbons (Fsp3) is 0.318. The Balaban J connectivity index is 2.12. The van der Waals surface area contributed by atoms with Gasteiger partial charge in [-0.2, -0.15) is 0 Å². The third-order valence-corrected chi connectivity index (χ3v) is 4.40. The molecule has 0 aliphatic heterocycles. The molecular weight excluding hydrogens is 368 g/mol. The molecule has 7 nitrogen and oxygen atoms in total. The zero-order valence-electron chi connectivity index (χ0n) is 17.3. The minimum absolute atomic E-state index is 0.0725. The Morgan fingerprint density at radius 2 is 1.45 bits per heavy atom. The molecule has 0 saturated carbocycles. The van der Waals surface area contributed by atoms with Gasteiger partial charge in [-0.25, -0.2) is 0 Å². The molecule has 0 radical (unpaired) electrons. The fourth-order valence-electron chi connectivity index (χ4n) is 3.00. The normalized spacial score (nSPS) is 11.6. The topological polar surface area (TPSA) is 81.8 Å². The molecule has 0 bridgehead atoms. The molecule has 3 amide bonds. The quantitative estimate of drug-likeness (QED) is 0.719. The van der Waals surface area contributed by atoms with Crippen LogP contribution in [0.5, 0.6) is 0 Å². The van der Waals surface area contributed by atoms with E-state index in [-0.39, 0.29) is 24.3 Å². The Morgan fingerprint density at radius 1 is 0.897 bits per heavy atom.